The molecule has 0 saturated heterocycles. The molecule has 0 amide bonds. The molecular formula is C11H11F2N3. The first-order valence-corrected chi connectivity index (χ1v) is 4.80. The summed E-state index contributed by atoms with van der Waals surface area (Å²) in [5.74, 6) is 0.415. The van der Waals surface area contributed by atoms with E-state index in [-0.39, 0.29) is 5.56 Å². The lowest BCUT2D eigenvalue weighted by atomic mass is 10.1. The van der Waals surface area contributed by atoms with Gasteiger partial charge in [0.2, 0.25) is 0 Å². The minimum Gasteiger partial charge on any atom is -0.369 e. The molecule has 3 nitrogen and oxygen atoms in total. The van der Waals surface area contributed by atoms with Crippen molar-refractivity contribution in [3.8, 4) is 0 Å². The molecular weight excluding hydrogens is 212 g/mol. The van der Waals surface area contributed by atoms with Crippen LogP contribution in [0.2, 0.25) is 0 Å². The lowest BCUT2D eigenvalue weighted by Crippen LogP contribution is -2.03. The number of nitrogens with zero attached hydrogens (tertiary/aromatic N) is 2. The molecule has 0 atom stereocenters. The van der Waals surface area contributed by atoms with E-state index >= 15 is 0 Å². The molecule has 0 saturated carbocycles. The van der Waals surface area contributed by atoms with Gasteiger partial charge in [-0.15, -0.1) is 0 Å². The van der Waals surface area contributed by atoms with Crippen LogP contribution >= 0.6 is 0 Å². The highest BCUT2D eigenvalue weighted by molar-refractivity contribution is 5.26. The van der Waals surface area contributed by atoms with Crippen LogP contribution in [0.25, 0.3) is 0 Å². The quantitative estimate of drug-likeness (QED) is 0.868. The van der Waals surface area contributed by atoms with Gasteiger partial charge in [0.1, 0.15) is 0 Å². The summed E-state index contributed by atoms with van der Waals surface area (Å²) in [7, 11) is 0. The first-order chi connectivity index (χ1) is 7.66. The molecule has 2 N–H and O–H groups in total. The molecule has 0 fully saturated rings. The highest BCUT2D eigenvalue weighted by Gasteiger charge is 2.06. The predicted molar refractivity (Wildman–Crippen MR) is 57.1 cm³/mol. The maximum absolute atomic E-state index is 12.3. The maximum Gasteiger partial charge on any atom is 0.263 e. The Morgan fingerprint density at radius 1 is 1.25 bits per heavy atom. The summed E-state index contributed by atoms with van der Waals surface area (Å²) in [6.45, 7) is 0.537. The number of anilines is 1. The van der Waals surface area contributed by atoms with Crippen molar-refractivity contribution in [1.82, 2.24) is 9.55 Å². The van der Waals surface area contributed by atoms with E-state index in [2.05, 4.69) is 4.98 Å². The number of rotatable bonds is 3. The minimum atomic E-state index is -2.42. The van der Waals surface area contributed by atoms with E-state index in [9.17, 15) is 8.78 Å². The summed E-state index contributed by atoms with van der Waals surface area (Å²) in [5, 5.41) is 0. The number of nitrogen functional groups attached to an aromatic ring is 1. The van der Waals surface area contributed by atoms with E-state index in [0.717, 1.165) is 5.56 Å². The molecule has 1 aromatic heterocycles. The summed E-state index contributed by atoms with van der Waals surface area (Å²) < 4.78 is 26.4. The van der Waals surface area contributed by atoms with Crippen molar-refractivity contribution in [3.63, 3.8) is 0 Å². The van der Waals surface area contributed by atoms with E-state index in [1.807, 2.05) is 0 Å². The number of nitrogens with two attached hydrogens (primary N) is 1. The maximum atomic E-state index is 12.3. The Kier molecular flexibility index (Phi) is 2.85. The van der Waals surface area contributed by atoms with Crippen LogP contribution in [-0.2, 0) is 6.54 Å². The van der Waals surface area contributed by atoms with Crippen molar-refractivity contribution < 1.29 is 8.78 Å². The molecule has 0 unspecified atom stereocenters. The second-order valence-corrected chi connectivity index (χ2v) is 3.46. The molecule has 1 aromatic carbocycles. The number of aromatic nitrogens is 2. The Hall–Kier alpha value is -1.91. The van der Waals surface area contributed by atoms with Gasteiger partial charge in [-0.1, -0.05) is 24.3 Å². The standard InChI is InChI=1S/C11H11F2N3/c12-10(13)9-3-1-8(2-4-9)7-16-6-5-15-11(16)14/h1-6,10H,7H2,(H2,14,15). The van der Waals surface area contributed by atoms with Crippen LogP contribution in [0.1, 0.15) is 17.6 Å². The van der Waals surface area contributed by atoms with Gasteiger partial charge in [0.05, 0.1) is 6.54 Å². The zero-order valence-electron chi connectivity index (χ0n) is 8.48. The SMILES string of the molecule is Nc1nccn1Cc1ccc(C(F)F)cc1. The van der Waals surface area contributed by atoms with Gasteiger partial charge < -0.3 is 10.3 Å². The number of hydrogen-bond donors (Lipinski definition) is 1. The second-order valence-electron chi connectivity index (χ2n) is 3.46. The van der Waals surface area contributed by atoms with Crippen LogP contribution < -0.4 is 5.73 Å². The monoisotopic (exact) mass is 223 g/mol. The molecule has 0 aliphatic carbocycles. The Balaban J connectivity index is 2.14. The zero-order chi connectivity index (χ0) is 11.5. The number of benzene rings is 1. The third-order valence-electron chi connectivity index (χ3n) is 2.33. The lowest BCUT2D eigenvalue weighted by Gasteiger charge is -2.05. The van der Waals surface area contributed by atoms with Crippen LogP contribution in [-0.4, -0.2) is 9.55 Å². The fourth-order valence-electron chi connectivity index (χ4n) is 1.44. The van der Waals surface area contributed by atoms with Crippen molar-refractivity contribution in [2.45, 2.75) is 13.0 Å². The number of alkyl halides is 2. The minimum absolute atomic E-state index is 0.0300. The second kappa shape index (κ2) is 4.30. The van der Waals surface area contributed by atoms with Gasteiger partial charge in [-0.25, -0.2) is 13.8 Å². The molecule has 2 aromatic rings. The normalized spacial score (nSPS) is 10.9. The van der Waals surface area contributed by atoms with Crippen molar-refractivity contribution in [3.05, 3.63) is 47.8 Å². The molecule has 0 aliphatic rings. The van der Waals surface area contributed by atoms with Crippen LogP contribution in [0, 0.1) is 0 Å². The van der Waals surface area contributed by atoms with Crippen molar-refractivity contribution in [1.29, 1.82) is 0 Å². The lowest BCUT2D eigenvalue weighted by molar-refractivity contribution is 0.151. The van der Waals surface area contributed by atoms with Gasteiger partial charge in [-0.05, 0) is 5.56 Å². The molecule has 0 spiro atoms. The topological polar surface area (TPSA) is 43.8 Å². The van der Waals surface area contributed by atoms with Crippen LogP contribution in [0.3, 0.4) is 0 Å². The van der Waals surface area contributed by atoms with E-state index in [1.54, 1.807) is 29.1 Å². The number of halogens is 2. The fraction of sp³-hybridized carbons (Fsp3) is 0.182. The van der Waals surface area contributed by atoms with Crippen molar-refractivity contribution in [2.75, 3.05) is 5.73 Å². The molecule has 2 rings (SSSR count). The van der Waals surface area contributed by atoms with Gasteiger partial charge in [-0.2, -0.15) is 0 Å². The summed E-state index contributed by atoms with van der Waals surface area (Å²) in [6, 6.07) is 6.18. The van der Waals surface area contributed by atoms with Gasteiger partial charge in [0, 0.05) is 18.0 Å². The third kappa shape index (κ3) is 2.18. The average molecular weight is 223 g/mol. The Labute approximate surface area is 91.5 Å². The Morgan fingerprint density at radius 2 is 1.94 bits per heavy atom. The fourth-order valence-corrected chi connectivity index (χ4v) is 1.44. The largest absolute Gasteiger partial charge is 0.369 e. The first-order valence-electron chi connectivity index (χ1n) is 4.80. The Morgan fingerprint density at radius 3 is 2.44 bits per heavy atom. The predicted octanol–water partition coefficient (Wildman–Crippen LogP) is 2.45. The van der Waals surface area contributed by atoms with E-state index < -0.39 is 6.43 Å². The highest BCUT2D eigenvalue weighted by atomic mass is 19.3. The average Bonchev–Trinajstić information content (AvgIpc) is 2.65. The summed E-state index contributed by atoms with van der Waals surface area (Å²) >= 11 is 0. The van der Waals surface area contributed by atoms with Crippen LogP contribution in [0.4, 0.5) is 14.7 Å². The Bertz CT molecular complexity index is 462. The van der Waals surface area contributed by atoms with E-state index in [1.165, 1.54) is 12.1 Å². The molecule has 0 aliphatic heterocycles. The van der Waals surface area contributed by atoms with Crippen LogP contribution in [0.5, 0.6) is 0 Å². The smallest absolute Gasteiger partial charge is 0.263 e. The number of hydrogen-bond acceptors (Lipinski definition) is 2. The van der Waals surface area contributed by atoms with E-state index in [0.29, 0.717) is 12.5 Å². The summed E-state index contributed by atoms with van der Waals surface area (Å²) in [5.41, 5.74) is 6.54. The van der Waals surface area contributed by atoms with Crippen molar-refractivity contribution in [2.24, 2.45) is 0 Å². The van der Waals surface area contributed by atoms with Gasteiger partial charge in [0.25, 0.3) is 6.43 Å². The zero-order valence-corrected chi connectivity index (χ0v) is 8.48. The molecule has 0 bridgehead atoms. The van der Waals surface area contributed by atoms with Gasteiger partial charge in [0.15, 0.2) is 5.95 Å². The van der Waals surface area contributed by atoms with E-state index in [4.69, 9.17) is 5.73 Å². The molecule has 16 heavy (non-hydrogen) atoms. The van der Waals surface area contributed by atoms with Crippen LogP contribution in [0.15, 0.2) is 36.7 Å². The van der Waals surface area contributed by atoms with Crippen molar-refractivity contribution >= 4 is 5.95 Å². The molecule has 1 heterocycles. The van der Waals surface area contributed by atoms with Gasteiger partial charge in [-0.3, -0.25) is 0 Å². The molecule has 84 valence electrons. The molecule has 0 radical (unpaired) electrons. The third-order valence-corrected chi connectivity index (χ3v) is 2.33. The highest BCUT2D eigenvalue weighted by Crippen LogP contribution is 2.19. The molecule has 5 heteroatoms. The summed E-state index contributed by atoms with van der Waals surface area (Å²) in [4.78, 5) is 3.88. The summed E-state index contributed by atoms with van der Waals surface area (Å²) in [6.07, 6.45) is 0.923. The first kappa shape index (κ1) is 10.6. The van der Waals surface area contributed by atoms with Gasteiger partial charge >= 0.3 is 0 Å². The number of imidazole rings is 1.